The topological polar surface area (TPSA) is 71.8 Å². The van der Waals surface area contributed by atoms with E-state index in [0.717, 1.165) is 16.8 Å². The fraction of sp³-hybridized carbons (Fsp3) is 0.182. The van der Waals surface area contributed by atoms with Crippen molar-refractivity contribution < 1.29 is 17.6 Å². The Bertz CT molecular complexity index is 694. The molecular weight excluding hydrogens is 263 g/mol. The summed E-state index contributed by atoms with van der Waals surface area (Å²) in [6.45, 7) is -0.332. The van der Waals surface area contributed by atoms with Crippen LogP contribution < -0.4 is 5.76 Å². The maximum atomic E-state index is 12.5. The van der Waals surface area contributed by atoms with Gasteiger partial charge in [-0.3, -0.25) is 0 Å². The van der Waals surface area contributed by atoms with Crippen LogP contribution >= 0.6 is 0 Å². The fourth-order valence-corrected chi connectivity index (χ4v) is 1.42. The van der Waals surface area contributed by atoms with E-state index in [1.807, 2.05) is 0 Å². The number of nitrogens with zero attached hydrogens (tertiary/aromatic N) is 3. The standard InChI is InChI=1S/C11H6F3N3O2/c12-11(13,14)8-3-1-2-7(6-8)9-16-17(5-4-15)10(18)19-9/h1-3,6H,5H2. The van der Waals surface area contributed by atoms with E-state index in [4.69, 9.17) is 9.68 Å². The van der Waals surface area contributed by atoms with Crippen LogP contribution in [0, 0.1) is 11.3 Å². The molecule has 0 spiro atoms. The molecule has 1 aromatic carbocycles. The van der Waals surface area contributed by atoms with Crippen LogP contribution in [0.1, 0.15) is 5.56 Å². The summed E-state index contributed by atoms with van der Waals surface area (Å²) in [7, 11) is 0. The summed E-state index contributed by atoms with van der Waals surface area (Å²) in [6.07, 6.45) is -4.49. The third kappa shape index (κ3) is 2.65. The maximum absolute atomic E-state index is 12.5. The van der Waals surface area contributed by atoms with Crippen LogP contribution in [0.15, 0.2) is 33.5 Å². The van der Waals surface area contributed by atoms with Gasteiger partial charge in [-0.05, 0) is 18.2 Å². The molecule has 0 saturated heterocycles. The number of rotatable bonds is 2. The zero-order valence-corrected chi connectivity index (χ0v) is 9.31. The highest BCUT2D eigenvalue weighted by molar-refractivity contribution is 5.54. The smallest absolute Gasteiger partial charge is 0.388 e. The van der Waals surface area contributed by atoms with E-state index in [9.17, 15) is 18.0 Å². The van der Waals surface area contributed by atoms with Crippen LogP contribution in [0.5, 0.6) is 0 Å². The molecule has 0 atom stereocenters. The van der Waals surface area contributed by atoms with Crippen molar-refractivity contribution in [3.05, 3.63) is 40.4 Å². The van der Waals surface area contributed by atoms with E-state index >= 15 is 0 Å². The van der Waals surface area contributed by atoms with Gasteiger partial charge in [0.25, 0.3) is 0 Å². The quantitative estimate of drug-likeness (QED) is 0.836. The van der Waals surface area contributed by atoms with Gasteiger partial charge in [0.05, 0.1) is 11.6 Å². The van der Waals surface area contributed by atoms with Gasteiger partial charge < -0.3 is 4.42 Å². The average molecular weight is 269 g/mol. The monoisotopic (exact) mass is 269 g/mol. The number of aromatic nitrogens is 2. The SMILES string of the molecule is N#CCn1nc(-c2cccc(C(F)(F)F)c2)oc1=O. The van der Waals surface area contributed by atoms with Crippen LogP contribution in [-0.4, -0.2) is 9.78 Å². The molecule has 0 unspecified atom stereocenters. The second kappa shape index (κ2) is 4.61. The van der Waals surface area contributed by atoms with E-state index in [0.29, 0.717) is 0 Å². The van der Waals surface area contributed by atoms with Crippen molar-refractivity contribution in [2.24, 2.45) is 0 Å². The first-order chi connectivity index (χ1) is 8.91. The normalized spacial score (nSPS) is 11.3. The molecule has 98 valence electrons. The first-order valence-corrected chi connectivity index (χ1v) is 5.04. The summed E-state index contributed by atoms with van der Waals surface area (Å²) in [5.41, 5.74) is -0.855. The van der Waals surface area contributed by atoms with Crippen molar-refractivity contribution >= 4 is 0 Å². The van der Waals surface area contributed by atoms with Crippen LogP contribution in [0.25, 0.3) is 11.5 Å². The van der Waals surface area contributed by atoms with Crippen molar-refractivity contribution in [3.63, 3.8) is 0 Å². The molecule has 1 aromatic heterocycles. The Morgan fingerprint density at radius 3 is 2.79 bits per heavy atom. The Balaban J connectivity index is 2.46. The van der Waals surface area contributed by atoms with Gasteiger partial charge in [-0.1, -0.05) is 6.07 Å². The number of alkyl halides is 3. The largest absolute Gasteiger partial charge is 0.438 e. The van der Waals surface area contributed by atoms with Crippen molar-refractivity contribution in [1.82, 2.24) is 9.78 Å². The number of nitriles is 1. The van der Waals surface area contributed by atoms with Crippen LogP contribution in [0.3, 0.4) is 0 Å². The lowest BCUT2D eigenvalue weighted by atomic mass is 10.1. The fourth-order valence-electron chi connectivity index (χ4n) is 1.42. The molecule has 19 heavy (non-hydrogen) atoms. The Hall–Kier alpha value is -2.56. The van der Waals surface area contributed by atoms with Gasteiger partial charge >= 0.3 is 11.9 Å². The predicted molar refractivity (Wildman–Crippen MR) is 56.8 cm³/mol. The molecule has 1 heterocycles. The van der Waals surface area contributed by atoms with Crippen LogP contribution in [-0.2, 0) is 12.7 Å². The van der Waals surface area contributed by atoms with Crippen LogP contribution in [0.2, 0.25) is 0 Å². The molecule has 0 N–H and O–H groups in total. The molecule has 2 rings (SSSR count). The predicted octanol–water partition coefficient (Wildman–Crippen LogP) is 2.05. The molecule has 8 heteroatoms. The summed E-state index contributed by atoms with van der Waals surface area (Å²) in [4.78, 5) is 11.2. The summed E-state index contributed by atoms with van der Waals surface area (Å²) in [5, 5.41) is 12.1. The van der Waals surface area contributed by atoms with Gasteiger partial charge in [-0.15, -0.1) is 5.10 Å². The molecule has 5 nitrogen and oxygen atoms in total. The minimum Gasteiger partial charge on any atom is -0.388 e. The van der Waals surface area contributed by atoms with E-state index in [1.165, 1.54) is 12.1 Å². The number of halogens is 3. The molecule has 0 radical (unpaired) electrons. The van der Waals surface area contributed by atoms with Crippen LogP contribution in [0.4, 0.5) is 13.2 Å². The van der Waals surface area contributed by atoms with Gasteiger partial charge in [-0.25, -0.2) is 4.79 Å². The number of hydrogen-bond acceptors (Lipinski definition) is 4. The van der Waals surface area contributed by atoms with Crippen molar-refractivity contribution in [3.8, 4) is 17.5 Å². The Morgan fingerprint density at radius 1 is 1.42 bits per heavy atom. The van der Waals surface area contributed by atoms with Gasteiger partial charge in [0.2, 0.25) is 5.89 Å². The van der Waals surface area contributed by atoms with Gasteiger partial charge in [0, 0.05) is 5.56 Å². The van der Waals surface area contributed by atoms with Gasteiger partial charge in [0.1, 0.15) is 6.54 Å². The lowest BCUT2D eigenvalue weighted by Crippen LogP contribution is -2.14. The Kier molecular flexibility index (Phi) is 3.12. The molecule has 0 aliphatic rings. The molecule has 0 aliphatic carbocycles. The van der Waals surface area contributed by atoms with Crippen molar-refractivity contribution in [1.29, 1.82) is 5.26 Å². The average Bonchev–Trinajstić information content (AvgIpc) is 2.71. The Morgan fingerprint density at radius 2 is 2.16 bits per heavy atom. The van der Waals surface area contributed by atoms with E-state index in [2.05, 4.69) is 5.10 Å². The second-order valence-corrected chi connectivity index (χ2v) is 3.57. The number of benzene rings is 1. The van der Waals surface area contributed by atoms with E-state index in [-0.39, 0.29) is 18.0 Å². The maximum Gasteiger partial charge on any atom is 0.438 e. The molecule has 2 aromatic rings. The van der Waals surface area contributed by atoms with Gasteiger partial charge in [0.15, 0.2) is 0 Å². The molecule has 0 fully saturated rings. The third-order valence-corrected chi connectivity index (χ3v) is 2.26. The minimum absolute atomic E-state index is 0.0172. The zero-order chi connectivity index (χ0) is 14.0. The summed E-state index contributed by atoms with van der Waals surface area (Å²) >= 11 is 0. The summed E-state index contributed by atoms with van der Waals surface area (Å²) < 4.78 is 43.0. The molecule has 0 saturated carbocycles. The Labute approximate surface area is 104 Å². The molecule has 0 amide bonds. The second-order valence-electron chi connectivity index (χ2n) is 3.57. The first-order valence-electron chi connectivity index (χ1n) is 5.04. The highest BCUT2D eigenvalue weighted by atomic mass is 19.4. The molecule has 0 bridgehead atoms. The molecule has 0 aliphatic heterocycles. The first kappa shape index (κ1) is 12.9. The molecular formula is C11H6F3N3O2. The lowest BCUT2D eigenvalue weighted by molar-refractivity contribution is -0.137. The zero-order valence-electron chi connectivity index (χ0n) is 9.31. The van der Waals surface area contributed by atoms with E-state index < -0.39 is 17.5 Å². The minimum atomic E-state index is -4.49. The third-order valence-electron chi connectivity index (χ3n) is 2.26. The van der Waals surface area contributed by atoms with Crippen molar-refractivity contribution in [2.75, 3.05) is 0 Å². The van der Waals surface area contributed by atoms with E-state index in [1.54, 1.807) is 6.07 Å². The summed E-state index contributed by atoms with van der Waals surface area (Å²) in [5.74, 6) is -1.15. The van der Waals surface area contributed by atoms with Gasteiger partial charge in [-0.2, -0.15) is 23.1 Å². The van der Waals surface area contributed by atoms with Crippen molar-refractivity contribution in [2.45, 2.75) is 12.7 Å². The highest BCUT2D eigenvalue weighted by Crippen LogP contribution is 2.31. The summed E-state index contributed by atoms with van der Waals surface area (Å²) in [6, 6.07) is 5.92. The number of hydrogen-bond donors (Lipinski definition) is 0. The highest BCUT2D eigenvalue weighted by Gasteiger charge is 2.30. The lowest BCUT2D eigenvalue weighted by Gasteiger charge is -2.06.